The summed E-state index contributed by atoms with van der Waals surface area (Å²) in [5.41, 5.74) is 2.51. The van der Waals surface area contributed by atoms with Gasteiger partial charge in [-0.15, -0.1) is 0 Å². The van der Waals surface area contributed by atoms with Gasteiger partial charge >= 0.3 is 0 Å². The lowest BCUT2D eigenvalue weighted by Crippen LogP contribution is -2.16. The summed E-state index contributed by atoms with van der Waals surface area (Å²) in [7, 11) is 0. The van der Waals surface area contributed by atoms with Gasteiger partial charge in [0.15, 0.2) is 0 Å². The van der Waals surface area contributed by atoms with Gasteiger partial charge in [0, 0.05) is 43.9 Å². The minimum Gasteiger partial charge on any atom is -0.396 e. The number of halogens is 1. The third-order valence-electron chi connectivity index (χ3n) is 5.15. The molecular weight excluding hydrogens is 426 g/mol. The Balaban J connectivity index is 1.64. The standard InChI is InChI=1S/C24H28ClN5O2/c1-2-17(8-10-31)15-27-22-7-3-6-20(29-22)12-19-13-23(28-16-21(19)25)30-24(32)11-18-5-4-9-26-14-18/h3-7,9,13-14,16-17,31H,2,8,10-12,15H2,1H3,(H,27,29)(H,28,30,32). The molecule has 1 atom stereocenters. The van der Waals surface area contributed by atoms with Gasteiger partial charge in [0.1, 0.15) is 11.6 Å². The number of carbonyl (C=O) groups excluding carboxylic acids is 1. The maximum Gasteiger partial charge on any atom is 0.230 e. The minimum absolute atomic E-state index is 0.170. The molecule has 0 fully saturated rings. The van der Waals surface area contributed by atoms with E-state index in [4.69, 9.17) is 16.7 Å². The number of aromatic nitrogens is 3. The second kappa shape index (κ2) is 12.1. The molecule has 0 saturated carbocycles. The monoisotopic (exact) mass is 453 g/mol. The average Bonchev–Trinajstić information content (AvgIpc) is 2.80. The topological polar surface area (TPSA) is 100 Å². The number of nitrogens with zero attached hydrogens (tertiary/aromatic N) is 3. The van der Waals surface area contributed by atoms with E-state index in [1.54, 1.807) is 30.7 Å². The number of aliphatic hydroxyl groups excluding tert-OH is 1. The van der Waals surface area contributed by atoms with Crippen molar-refractivity contribution in [2.45, 2.75) is 32.6 Å². The van der Waals surface area contributed by atoms with Gasteiger partial charge < -0.3 is 15.7 Å². The molecule has 3 rings (SSSR count). The van der Waals surface area contributed by atoms with E-state index in [0.717, 1.165) is 42.0 Å². The molecule has 3 N–H and O–H groups in total. The molecule has 3 aromatic rings. The number of anilines is 2. The fourth-order valence-corrected chi connectivity index (χ4v) is 3.48. The van der Waals surface area contributed by atoms with Crippen molar-refractivity contribution in [3.63, 3.8) is 0 Å². The van der Waals surface area contributed by atoms with Gasteiger partial charge in [-0.25, -0.2) is 9.97 Å². The smallest absolute Gasteiger partial charge is 0.230 e. The fraction of sp³-hybridized carbons (Fsp3) is 0.333. The Hall–Kier alpha value is -3.03. The fourth-order valence-electron chi connectivity index (χ4n) is 3.31. The number of carbonyl (C=O) groups is 1. The van der Waals surface area contributed by atoms with Crippen LogP contribution >= 0.6 is 11.6 Å². The van der Waals surface area contributed by atoms with Crippen LogP contribution in [0.5, 0.6) is 0 Å². The lowest BCUT2D eigenvalue weighted by molar-refractivity contribution is -0.115. The molecule has 0 aliphatic heterocycles. The van der Waals surface area contributed by atoms with Crippen LogP contribution in [0, 0.1) is 5.92 Å². The van der Waals surface area contributed by atoms with Gasteiger partial charge in [-0.3, -0.25) is 9.78 Å². The van der Waals surface area contributed by atoms with Crippen molar-refractivity contribution in [2.24, 2.45) is 5.92 Å². The van der Waals surface area contributed by atoms with Crippen LogP contribution in [0.3, 0.4) is 0 Å². The van der Waals surface area contributed by atoms with Gasteiger partial charge in [-0.2, -0.15) is 0 Å². The normalized spacial score (nSPS) is 11.7. The van der Waals surface area contributed by atoms with Crippen LogP contribution in [0.2, 0.25) is 5.02 Å². The number of nitrogens with one attached hydrogen (secondary N) is 2. The molecule has 8 heteroatoms. The van der Waals surface area contributed by atoms with Gasteiger partial charge in [0.25, 0.3) is 0 Å². The Kier molecular flexibility index (Phi) is 8.95. The first-order valence-corrected chi connectivity index (χ1v) is 11.1. The van der Waals surface area contributed by atoms with Crippen molar-refractivity contribution in [2.75, 3.05) is 23.8 Å². The molecule has 3 heterocycles. The largest absolute Gasteiger partial charge is 0.396 e. The van der Waals surface area contributed by atoms with Gasteiger partial charge in [0.2, 0.25) is 5.91 Å². The van der Waals surface area contributed by atoms with Crippen molar-refractivity contribution in [3.05, 3.63) is 76.8 Å². The number of amides is 1. The van der Waals surface area contributed by atoms with Crippen LogP contribution in [0.4, 0.5) is 11.6 Å². The molecule has 0 spiro atoms. The van der Waals surface area contributed by atoms with Crippen molar-refractivity contribution in [1.29, 1.82) is 0 Å². The summed E-state index contributed by atoms with van der Waals surface area (Å²) in [6, 6.07) is 11.2. The van der Waals surface area contributed by atoms with Crippen molar-refractivity contribution >= 4 is 29.1 Å². The van der Waals surface area contributed by atoms with E-state index >= 15 is 0 Å². The Morgan fingerprint density at radius 3 is 2.81 bits per heavy atom. The van der Waals surface area contributed by atoms with E-state index in [9.17, 15) is 4.79 Å². The summed E-state index contributed by atoms with van der Waals surface area (Å²) in [5, 5.41) is 15.8. The number of pyridine rings is 3. The van der Waals surface area contributed by atoms with Crippen LogP contribution in [-0.2, 0) is 17.6 Å². The molecule has 0 aliphatic rings. The van der Waals surface area contributed by atoms with E-state index < -0.39 is 0 Å². The van der Waals surface area contributed by atoms with Crippen molar-refractivity contribution < 1.29 is 9.90 Å². The number of rotatable bonds is 11. The number of hydrogen-bond acceptors (Lipinski definition) is 6. The molecule has 0 saturated heterocycles. The van der Waals surface area contributed by atoms with Gasteiger partial charge in [0.05, 0.1) is 11.4 Å². The summed E-state index contributed by atoms with van der Waals surface area (Å²) in [5.74, 6) is 1.46. The molecule has 0 aromatic carbocycles. The Labute approximate surface area is 193 Å². The predicted molar refractivity (Wildman–Crippen MR) is 127 cm³/mol. The van der Waals surface area contributed by atoms with E-state index in [1.807, 2.05) is 24.3 Å². The molecule has 0 radical (unpaired) electrons. The Morgan fingerprint density at radius 1 is 1.19 bits per heavy atom. The molecule has 1 amide bonds. The Morgan fingerprint density at radius 2 is 2.06 bits per heavy atom. The zero-order valence-corrected chi connectivity index (χ0v) is 18.8. The quantitative estimate of drug-likeness (QED) is 0.404. The maximum atomic E-state index is 12.3. The maximum absolute atomic E-state index is 12.3. The van der Waals surface area contributed by atoms with Crippen molar-refractivity contribution in [1.82, 2.24) is 15.0 Å². The van der Waals surface area contributed by atoms with Crippen LogP contribution in [-0.4, -0.2) is 39.1 Å². The third-order valence-corrected chi connectivity index (χ3v) is 5.49. The molecule has 32 heavy (non-hydrogen) atoms. The van der Waals surface area contributed by atoms with Crippen LogP contribution < -0.4 is 10.6 Å². The molecule has 0 aliphatic carbocycles. The second-order valence-corrected chi connectivity index (χ2v) is 8.01. The Bertz CT molecular complexity index is 1020. The second-order valence-electron chi connectivity index (χ2n) is 7.61. The third kappa shape index (κ3) is 7.28. The predicted octanol–water partition coefficient (Wildman–Crippen LogP) is 4.12. The summed E-state index contributed by atoms with van der Waals surface area (Å²) < 4.78 is 0. The molecule has 0 bridgehead atoms. The zero-order chi connectivity index (χ0) is 22.8. The highest BCUT2D eigenvalue weighted by molar-refractivity contribution is 6.31. The van der Waals surface area contributed by atoms with E-state index in [0.29, 0.717) is 23.2 Å². The zero-order valence-electron chi connectivity index (χ0n) is 18.1. The van der Waals surface area contributed by atoms with E-state index in [1.165, 1.54) is 0 Å². The first kappa shape index (κ1) is 23.6. The van der Waals surface area contributed by atoms with Gasteiger partial charge in [-0.1, -0.05) is 37.1 Å². The van der Waals surface area contributed by atoms with Crippen LogP contribution in [0.25, 0.3) is 0 Å². The van der Waals surface area contributed by atoms with Crippen molar-refractivity contribution in [3.8, 4) is 0 Å². The molecular formula is C24H28ClN5O2. The number of aliphatic hydroxyl groups is 1. The first-order valence-electron chi connectivity index (χ1n) is 10.7. The lowest BCUT2D eigenvalue weighted by Gasteiger charge is -2.15. The summed E-state index contributed by atoms with van der Waals surface area (Å²) in [6.45, 7) is 3.07. The highest BCUT2D eigenvalue weighted by Gasteiger charge is 2.10. The molecule has 3 aromatic heterocycles. The molecule has 7 nitrogen and oxygen atoms in total. The average molecular weight is 454 g/mol. The lowest BCUT2D eigenvalue weighted by atomic mass is 10.0. The molecule has 168 valence electrons. The molecule has 1 unspecified atom stereocenters. The first-order chi connectivity index (χ1) is 15.6. The van der Waals surface area contributed by atoms with Crippen LogP contribution in [0.1, 0.15) is 36.6 Å². The summed E-state index contributed by atoms with van der Waals surface area (Å²) in [6.07, 6.45) is 7.37. The highest BCUT2D eigenvalue weighted by atomic mass is 35.5. The highest BCUT2D eigenvalue weighted by Crippen LogP contribution is 2.22. The van der Waals surface area contributed by atoms with E-state index in [-0.39, 0.29) is 18.9 Å². The SMILES string of the molecule is CCC(CCO)CNc1cccc(Cc2cc(NC(=O)Cc3cccnc3)ncc2Cl)n1. The number of hydrogen-bond donors (Lipinski definition) is 3. The minimum atomic E-state index is -0.170. The summed E-state index contributed by atoms with van der Waals surface area (Å²) >= 11 is 6.36. The van der Waals surface area contributed by atoms with E-state index in [2.05, 4.69) is 32.5 Å². The van der Waals surface area contributed by atoms with Crippen LogP contribution in [0.15, 0.2) is 55.0 Å². The summed E-state index contributed by atoms with van der Waals surface area (Å²) in [4.78, 5) is 25.3. The van der Waals surface area contributed by atoms with Gasteiger partial charge in [-0.05, 0) is 47.7 Å².